The van der Waals surface area contributed by atoms with Crippen LogP contribution in [-0.2, 0) is 6.54 Å². The fraction of sp³-hybridized carbons (Fsp3) is 0.0455. The summed E-state index contributed by atoms with van der Waals surface area (Å²) in [6.07, 6.45) is 5.45. The lowest BCUT2D eigenvalue weighted by atomic mass is 10.0. The molecule has 1 amide bonds. The van der Waals surface area contributed by atoms with E-state index in [2.05, 4.69) is 15.4 Å². The highest BCUT2D eigenvalue weighted by Crippen LogP contribution is 2.23. The number of hydrogen-bond acceptors (Lipinski definition) is 3. The van der Waals surface area contributed by atoms with Gasteiger partial charge in [-0.05, 0) is 42.0 Å². The Balaban J connectivity index is 1.59. The van der Waals surface area contributed by atoms with E-state index in [9.17, 15) is 4.79 Å². The Morgan fingerprint density at radius 1 is 0.889 bits per heavy atom. The third-order valence-corrected chi connectivity index (χ3v) is 4.21. The van der Waals surface area contributed by atoms with E-state index in [1.807, 2.05) is 83.7 Å². The van der Waals surface area contributed by atoms with Crippen LogP contribution in [0.2, 0.25) is 0 Å². The van der Waals surface area contributed by atoms with Gasteiger partial charge in [0.2, 0.25) is 0 Å². The van der Waals surface area contributed by atoms with Crippen LogP contribution in [0.3, 0.4) is 0 Å². The van der Waals surface area contributed by atoms with Crippen LogP contribution in [0.15, 0.2) is 91.4 Å². The second kappa shape index (κ2) is 7.66. The summed E-state index contributed by atoms with van der Waals surface area (Å²) in [6.45, 7) is 0.654. The summed E-state index contributed by atoms with van der Waals surface area (Å²) in [4.78, 5) is 16.8. The number of amides is 1. The molecule has 27 heavy (non-hydrogen) atoms. The first kappa shape index (κ1) is 16.7. The van der Waals surface area contributed by atoms with Crippen molar-refractivity contribution < 1.29 is 4.79 Å². The van der Waals surface area contributed by atoms with Crippen LogP contribution in [-0.4, -0.2) is 20.7 Å². The van der Waals surface area contributed by atoms with Gasteiger partial charge in [-0.2, -0.15) is 5.10 Å². The van der Waals surface area contributed by atoms with Crippen LogP contribution in [0.5, 0.6) is 0 Å². The lowest BCUT2D eigenvalue weighted by Gasteiger charge is -2.09. The molecule has 0 aliphatic heterocycles. The summed E-state index contributed by atoms with van der Waals surface area (Å²) in [5.41, 5.74) is 4.05. The molecule has 5 heteroatoms. The Bertz CT molecular complexity index is 1040. The Kier molecular flexibility index (Phi) is 4.74. The lowest BCUT2D eigenvalue weighted by molar-refractivity contribution is 0.102. The van der Waals surface area contributed by atoms with Crippen molar-refractivity contribution in [2.45, 2.75) is 6.54 Å². The molecule has 4 aromatic rings. The first-order valence-electron chi connectivity index (χ1n) is 8.68. The molecule has 0 aliphatic rings. The maximum Gasteiger partial charge on any atom is 0.256 e. The fourth-order valence-corrected chi connectivity index (χ4v) is 2.89. The summed E-state index contributed by atoms with van der Waals surface area (Å²) in [6, 6.07) is 22.8. The Hall–Kier alpha value is -3.73. The number of carbonyl (C=O) groups is 1. The molecule has 0 radical (unpaired) electrons. The highest BCUT2D eigenvalue weighted by atomic mass is 16.1. The molecule has 2 aromatic heterocycles. The molecule has 2 aromatic carbocycles. The number of pyridine rings is 1. The van der Waals surface area contributed by atoms with Gasteiger partial charge < -0.3 is 5.32 Å². The molecule has 0 saturated heterocycles. The van der Waals surface area contributed by atoms with Crippen LogP contribution in [0, 0.1) is 0 Å². The minimum absolute atomic E-state index is 0.152. The second-order valence-corrected chi connectivity index (χ2v) is 6.12. The zero-order chi connectivity index (χ0) is 18.5. The van der Waals surface area contributed by atoms with E-state index in [4.69, 9.17) is 0 Å². The minimum Gasteiger partial charge on any atom is -0.322 e. The van der Waals surface area contributed by atoms with E-state index in [0.717, 1.165) is 22.5 Å². The SMILES string of the molecule is O=C(Nc1ccccc1)c1ccccc1-c1ccn(Cc2ccncc2)n1. The minimum atomic E-state index is -0.152. The van der Waals surface area contributed by atoms with E-state index < -0.39 is 0 Å². The zero-order valence-electron chi connectivity index (χ0n) is 14.6. The highest BCUT2D eigenvalue weighted by Gasteiger charge is 2.14. The van der Waals surface area contributed by atoms with Crippen molar-refractivity contribution in [1.82, 2.24) is 14.8 Å². The monoisotopic (exact) mass is 354 g/mol. The van der Waals surface area contributed by atoms with Gasteiger partial charge in [0.25, 0.3) is 5.91 Å². The fourth-order valence-electron chi connectivity index (χ4n) is 2.89. The molecule has 132 valence electrons. The molecule has 2 heterocycles. The number of hydrogen-bond donors (Lipinski definition) is 1. The molecule has 0 atom stereocenters. The summed E-state index contributed by atoms with van der Waals surface area (Å²) in [7, 11) is 0. The molecule has 0 fully saturated rings. The summed E-state index contributed by atoms with van der Waals surface area (Å²) >= 11 is 0. The van der Waals surface area contributed by atoms with Crippen molar-refractivity contribution in [3.05, 3.63) is 103 Å². The average Bonchev–Trinajstić information content (AvgIpc) is 3.18. The second-order valence-electron chi connectivity index (χ2n) is 6.12. The molecule has 0 aliphatic carbocycles. The standard InChI is InChI=1S/C22H18N4O/c27-22(24-18-6-2-1-3-7-18)20-9-5-4-8-19(20)21-12-15-26(25-21)16-17-10-13-23-14-11-17/h1-15H,16H2,(H,24,27). The lowest BCUT2D eigenvalue weighted by Crippen LogP contribution is -2.13. The Labute approximate surface area is 157 Å². The van der Waals surface area contributed by atoms with Crippen LogP contribution in [0.25, 0.3) is 11.3 Å². The normalized spacial score (nSPS) is 10.5. The van der Waals surface area contributed by atoms with E-state index in [1.165, 1.54) is 0 Å². The number of rotatable bonds is 5. The highest BCUT2D eigenvalue weighted by molar-refractivity contribution is 6.08. The number of para-hydroxylation sites is 1. The summed E-state index contributed by atoms with van der Waals surface area (Å²) < 4.78 is 1.86. The molecule has 0 saturated carbocycles. The smallest absolute Gasteiger partial charge is 0.256 e. The predicted molar refractivity (Wildman–Crippen MR) is 105 cm³/mol. The zero-order valence-corrected chi connectivity index (χ0v) is 14.6. The first-order chi connectivity index (χ1) is 13.3. The van der Waals surface area contributed by atoms with Gasteiger partial charge in [0.1, 0.15) is 0 Å². The molecule has 0 bridgehead atoms. The number of nitrogens with one attached hydrogen (secondary N) is 1. The number of nitrogens with zero attached hydrogens (tertiary/aromatic N) is 3. The molecular formula is C22H18N4O. The number of carbonyl (C=O) groups excluding carboxylic acids is 1. The van der Waals surface area contributed by atoms with E-state index in [0.29, 0.717) is 12.1 Å². The first-order valence-corrected chi connectivity index (χ1v) is 8.68. The van der Waals surface area contributed by atoms with Gasteiger partial charge in [0.15, 0.2) is 0 Å². The third-order valence-electron chi connectivity index (χ3n) is 4.21. The maximum absolute atomic E-state index is 12.8. The van der Waals surface area contributed by atoms with E-state index >= 15 is 0 Å². The van der Waals surface area contributed by atoms with Gasteiger partial charge in [0.05, 0.1) is 12.2 Å². The van der Waals surface area contributed by atoms with Gasteiger partial charge in [-0.1, -0.05) is 36.4 Å². The molecule has 4 rings (SSSR count). The van der Waals surface area contributed by atoms with Crippen molar-refractivity contribution in [3.63, 3.8) is 0 Å². The van der Waals surface area contributed by atoms with E-state index in [-0.39, 0.29) is 5.91 Å². The summed E-state index contributed by atoms with van der Waals surface area (Å²) in [5, 5.41) is 7.58. The number of benzene rings is 2. The van der Waals surface area contributed by atoms with Gasteiger partial charge in [0, 0.05) is 35.4 Å². The quantitative estimate of drug-likeness (QED) is 0.583. The Morgan fingerprint density at radius 3 is 2.44 bits per heavy atom. The molecule has 1 N–H and O–H groups in total. The van der Waals surface area contributed by atoms with Crippen molar-refractivity contribution in [2.24, 2.45) is 0 Å². The van der Waals surface area contributed by atoms with Crippen molar-refractivity contribution in [3.8, 4) is 11.3 Å². The topological polar surface area (TPSA) is 59.8 Å². The predicted octanol–water partition coefficient (Wildman–Crippen LogP) is 4.25. The van der Waals surface area contributed by atoms with E-state index in [1.54, 1.807) is 12.4 Å². The van der Waals surface area contributed by atoms with Gasteiger partial charge in [-0.25, -0.2) is 0 Å². The van der Waals surface area contributed by atoms with Crippen molar-refractivity contribution in [1.29, 1.82) is 0 Å². The average molecular weight is 354 g/mol. The Morgan fingerprint density at radius 2 is 1.63 bits per heavy atom. The number of anilines is 1. The van der Waals surface area contributed by atoms with Crippen molar-refractivity contribution >= 4 is 11.6 Å². The van der Waals surface area contributed by atoms with Crippen LogP contribution in [0.1, 0.15) is 15.9 Å². The van der Waals surface area contributed by atoms with Crippen molar-refractivity contribution in [2.75, 3.05) is 5.32 Å². The molecule has 5 nitrogen and oxygen atoms in total. The third kappa shape index (κ3) is 3.93. The largest absolute Gasteiger partial charge is 0.322 e. The molecule has 0 unspecified atom stereocenters. The molecular weight excluding hydrogens is 336 g/mol. The van der Waals surface area contributed by atoms with Crippen LogP contribution in [0.4, 0.5) is 5.69 Å². The van der Waals surface area contributed by atoms with Crippen LogP contribution >= 0.6 is 0 Å². The van der Waals surface area contributed by atoms with Gasteiger partial charge in [-0.3, -0.25) is 14.5 Å². The number of aromatic nitrogens is 3. The maximum atomic E-state index is 12.8. The summed E-state index contributed by atoms with van der Waals surface area (Å²) in [5.74, 6) is -0.152. The van der Waals surface area contributed by atoms with Crippen LogP contribution < -0.4 is 5.32 Å². The molecule has 0 spiro atoms. The van der Waals surface area contributed by atoms with Gasteiger partial charge in [-0.15, -0.1) is 0 Å². The van der Waals surface area contributed by atoms with Gasteiger partial charge >= 0.3 is 0 Å².